The number of para-hydroxylation sites is 1. The second-order valence-corrected chi connectivity index (χ2v) is 15.6. The molecule has 0 fully saturated rings. The summed E-state index contributed by atoms with van der Waals surface area (Å²) in [4.78, 5) is 4.80. The summed E-state index contributed by atoms with van der Waals surface area (Å²) in [6.45, 7) is 16.5. The summed E-state index contributed by atoms with van der Waals surface area (Å²) >= 11 is -1.44. The molecule has 0 aliphatic heterocycles. The van der Waals surface area contributed by atoms with Gasteiger partial charge in [0, 0.05) is 11.9 Å². The Kier molecular flexibility index (Phi) is 8.22. The Labute approximate surface area is 205 Å². The van der Waals surface area contributed by atoms with Gasteiger partial charge in [-0.1, -0.05) is 112 Å². The number of nitrogens with one attached hydrogen (secondary N) is 1. The predicted molar refractivity (Wildman–Crippen MR) is 148 cm³/mol. The minimum Gasteiger partial charge on any atom is -0.476 e. The third-order valence-corrected chi connectivity index (χ3v) is 10.5. The highest BCUT2D eigenvalue weighted by molar-refractivity contribution is 6.68. The quantitative estimate of drug-likeness (QED) is 0.267. The Morgan fingerprint density at radius 3 is 2.03 bits per heavy atom. The first-order chi connectivity index (χ1) is 15.6. The highest BCUT2D eigenvalue weighted by Crippen LogP contribution is 2.45. The fourth-order valence-electron chi connectivity index (χ4n) is 4.79. The van der Waals surface area contributed by atoms with E-state index in [0.29, 0.717) is 5.92 Å². The molecule has 0 bridgehead atoms. The van der Waals surface area contributed by atoms with Gasteiger partial charge in [-0.2, -0.15) is 0 Å². The van der Waals surface area contributed by atoms with E-state index in [1.54, 1.807) is 0 Å². The molecule has 3 heteroatoms. The van der Waals surface area contributed by atoms with Crippen LogP contribution in [-0.2, 0) is 6.42 Å². The van der Waals surface area contributed by atoms with Gasteiger partial charge >= 0.3 is 14.4 Å². The minimum absolute atomic E-state index is 0.164. The number of rotatable bonds is 8. The van der Waals surface area contributed by atoms with Crippen LogP contribution < -0.4 is 4.30 Å². The lowest BCUT2D eigenvalue weighted by Crippen LogP contribution is -2.45. The Morgan fingerprint density at radius 1 is 0.818 bits per heavy atom. The van der Waals surface area contributed by atoms with Gasteiger partial charge in [0.1, 0.15) is 0 Å². The van der Waals surface area contributed by atoms with Crippen molar-refractivity contribution in [3.63, 3.8) is 0 Å². The predicted octanol–water partition coefficient (Wildman–Crippen LogP) is 8.79. The van der Waals surface area contributed by atoms with Crippen LogP contribution in [0.2, 0.25) is 8.55 Å². The average Bonchev–Trinajstić information content (AvgIpc) is 2.77. The summed E-state index contributed by atoms with van der Waals surface area (Å²) < 4.78 is 4.38. The Morgan fingerprint density at radius 2 is 1.42 bits per heavy atom. The van der Waals surface area contributed by atoms with Crippen LogP contribution in [0.3, 0.4) is 0 Å². The molecule has 3 aromatic rings. The van der Waals surface area contributed by atoms with Crippen molar-refractivity contribution >= 4 is 32.0 Å². The van der Waals surface area contributed by atoms with E-state index in [1.807, 2.05) is 6.21 Å². The zero-order valence-electron chi connectivity index (χ0n) is 21.4. The van der Waals surface area contributed by atoms with Crippen molar-refractivity contribution < 1.29 is 0 Å². The molecule has 0 radical (unpaired) electrons. The molecule has 3 rings (SSSR count). The van der Waals surface area contributed by atoms with Gasteiger partial charge in [0.2, 0.25) is 0 Å². The number of anilines is 1. The molecule has 0 saturated heterocycles. The first-order valence-corrected chi connectivity index (χ1v) is 13.8. The van der Waals surface area contributed by atoms with Crippen molar-refractivity contribution in [1.82, 2.24) is 0 Å². The zero-order valence-corrected chi connectivity index (χ0v) is 22.5. The van der Waals surface area contributed by atoms with E-state index in [2.05, 4.69) is 132 Å². The molecular weight excluding hydrogens is 415 g/mol. The topological polar surface area (TPSA) is 24.4 Å². The summed E-state index contributed by atoms with van der Waals surface area (Å²) in [5.41, 5.74) is 6.15. The van der Waals surface area contributed by atoms with Crippen molar-refractivity contribution in [2.75, 3.05) is 4.30 Å². The van der Waals surface area contributed by atoms with Gasteiger partial charge in [0.05, 0.1) is 5.69 Å². The first-order valence-electron chi connectivity index (χ1n) is 12.1. The second kappa shape index (κ2) is 10.7. The summed E-state index contributed by atoms with van der Waals surface area (Å²) in [5.74, 6) is 0.537. The minimum atomic E-state index is -1.44. The monoisotopic (exact) mass is 454 g/mol. The number of hydrogen-bond acceptors (Lipinski definition) is 2. The van der Waals surface area contributed by atoms with Gasteiger partial charge in [-0.3, -0.25) is 4.99 Å². The van der Waals surface area contributed by atoms with E-state index < -0.39 is 14.4 Å². The maximum atomic E-state index is 4.80. The van der Waals surface area contributed by atoms with Crippen LogP contribution in [0.15, 0.2) is 83.9 Å². The maximum Gasteiger partial charge on any atom is 0.423 e. The standard InChI is InChI=1S/C20H24N.C6H6N.C4H9.Al/c1-15(2)13-18-7-5-6-8-19(18)14-21-20-11-9-17(10-12-20)16(3)4;7-6-4-2-1-3-5-6;1-4(2)3;/h5-12,14,16H,13H2,1-4H3;1-5,7H;1-3H3;/q;-1;;+1. The molecule has 0 saturated carbocycles. The first kappa shape index (κ1) is 25.3. The van der Waals surface area contributed by atoms with Gasteiger partial charge in [-0.25, -0.2) is 0 Å². The highest BCUT2D eigenvalue weighted by Gasteiger charge is 2.46. The van der Waals surface area contributed by atoms with Crippen LogP contribution in [0, 0.1) is 0 Å². The SMILES string of the molecule is CC(C)c1ccc(N=Cc2ccccc2C[C](C)(C)[Al]([NH]c2ccccc2)[C](C)(C)C)cc1. The molecule has 0 spiro atoms. The number of aliphatic imine (C=N–C) groups is 1. The third kappa shape index (κ3) is 7.07. The third-order valence-electron chi connectivity index (χ3n) is 6.35. The fraction of sp³-hybridized carbons (Fsp3) is 0.367. The molecular formula is C30H39AlN2. The summed E-state index contributed by atoms with van der Waals surface area (Å²) in [6.07, 6.45) is 3.06. The molecule has 172 valence electrons. The van der Waals surface area contributed by atoms with E-state index in [-0.39, 0.29) is 8.55 Å². The van der Waals surface area contributed by atoms with Crippen LogP contribution in [0.4, 0.5) is 11.4 Å². The molecule has 0 unspecified atom stereocenters. The van der Waals surface area contributed by atoms with Crippen molar-refractivity contribution in [2.24, 2.45) is 4.99 Å². The molecule has 3 aromatic carbocycles. The largest absolute Gasteiger partial charge is 0.476 e. The van der Waals surface area contributed by atoms with Gasteiger partial charge in [-0.05, 0) is 53.3 Å². The van der Waals surface area contributed by atoms with E-state index in [9.17, 15) is 0 Å². The summed E-state index contributed by atoms with van der Waals surface area (Å²) in [6, 6.07) is 28.0. The lowest BCUT2D eigenvalue weighted by molar-refractivity contribution is 0.599. The van der Waals surface area contributed by atoms with Crippen molar-refractivity contribution in [1.29, 1.82) is 0 Å². The van der Waals surface area contributed by atoms with Gasteiger partial charge in [0.15, 0.2) is 0 Å². The Bertz CT molecular complexity index is 1040. The molecule has 2 nitrogen and oxygen atoms in total. The van der Waals surface area contributed by atoms with E-state index >= 15 is 0 Å². The molecule has 0 atom stereocenters. The van der Waals surface area contributed by atoms with Crippen LogP contribution in [-0.4, -0.2) is 20.6 Å². The molecule has 0 aliphatic rings. The highest BCUT2D eigenvalue weighted by atomic mass is 27.2. The fourth-order valence-corrected chi connectivity index (χ4v) is 8.91. The summed E-state index contributed by atoms with van der Waals surface area (Å²) in [7, 11) is 0. The lowest BCUT2D eigenvalue weighted by atomic mass is 9.97. The van der Waals surface area contributed by atoms with Crippen molar-refractivity contribution in [3.05, 3.63) is 95.6 Å². The zero-order chi connectivity index (χ0) is 24.1. The molecule has 0 amide bonds. The molecule has 1 N–H and O–H groups in total. The van der Waals surface area contributed by atoms with Crippen LogP contribution >= 0.6 is 0 Å². The van der Waals surface area contributed by atoms with Crippen LogP contribution in [0.5, 0.6) is 0 Å². The van der Waals surface area contributed by atoms with E-state index in [0.717, 1.165) is 12.1 Å². The second-order valence-electron chi connectivity index (χ2n) is 11.2. The van der Waals surface area contributed by atoms with E-state index in [4.69, 9.17) is 4.99 Å². The molecule has 0 heterocycles. The average molecular weight is 455 g/mol. The Balaban J connectivity index is 1.84. The Hall–Kier alpha value is -2.34. The molecule has 0 aromatic heterocycles. The van der Waals surface area contributed by atoms with Crippen LogP contribution in [0.25, 0.3) is 0 Å². The number of nitrogens with zero attached hydrogens (tertiary/aromatic N) is 1. The molecule has 33 heavy (non-hydrogen) atoms. The summed E-state index contributed by atoms with van der Waals surface area (Å²) in [5, 5.41) is 0. The smallest absolute Gasteiger partial charge is 0.423 e. The molecule has 0 aliphatic carbocycles. The van der Waals surface area contributed by atoms with Gasteiger partial charge in [0.25, 0.3) is 0 Å². The van der Waals surface area contributed by atoms with Crippen molar-refractivity contribution in [3.8, 4) is 0 Å². The maximum absolute atomic E-state index is 4.80. The normalized spacial score (nSPS) is 12.4. The van der Waals surface area contributed by atoms with E-state index in [1.165, 1.54) is 22.4 Å². The van der Waals surface area contributed by atoms with Crippen molar-refractivity contribution in [2.45, 2.75) is 69.4 Å². The number of benzene rings is 3. The lowest BCUT2D eigenvalue weighted by Gasteiger charge is -2.39. The van der Waals surface area contributed by atoms with Gasteiger partial charge in [-0.15, -0.1) is 0 Å². The van der Waals surface area contributed by atoms with Crippen LogP contribution in [0.1, 0.15) is 71.1 Å². The number of hydrogen-bond donors (Lipinski definition) is 1. The van der Waals surface area contributed by atoms with Gasteiger partial charge < -0.3 is 4.30 Å².